The lowest BCUT2D eigenvalue weighted by Crippen LogP contribution is -1.81. The van der Waals surface area contributed by atoms with Crippen LogP contribution in [0, 0.1) is 0 Å². The highest BCUT2D eigenvalue weighted by Crippen LogP contribution is 2.33. The lowest BCUT2D eigenvalue weighted by Gasteiger charge is -1.85. The number of nitrogen functional groups attached to an aromatic ring is 1. The van der Waals surface area contributed by atoms with Crippen molar-refractivity contribution in [3.05, 3.63) is 21.3 Å². The summed E-state index contributed by atoms with van der Waals surface area (Å²) < 4.78 is 1.12. The van der Waals surface area contributed by atoms with Crippen LogP contribution in [-0.4, -0.2) is 4.98 Å². The Hall–Kier alpha value is -0.390. The van der Waals surface area contributed by atoms with E-state index in [0.717, 1.165) is 13.7 Å². The fourth-order valence-electron chi connectivity index (χ4n) is 0.829. The van der Waals surface area contributed by atoms with Crippen molar-refractivity contribution in [2.75, 3.05) is 5.73 Å². The van der Waals surface area contributed by atoms with Crippen molar-refractivity contribution >= 4 is 44.4 Å². The summed E-state index contributed by atoms with van der Waals surface area (Å²) in [5.74, 6) is 0.597. The third-order valence-corrected chi connectivity index (χ3v) is 3.96. The molecule has 0 aliphatic carbocycles. The molecule has 0 aromatic carbocycles. The molecule has 0 saturated heterocycles. The lowest BCUT2D eigenvalue weighted by molar-refractivity contribution is 1.43. The van der Waals surface area contributed by atoms with Crippen LogP contribution in [0.3, 0.4) is 0 Å². The van der Waals surface area contributed by atoms with Gasteiger partial charge in [0.1, 0.15) is 10.8 Å². The van der Waals surface area contributed by atoms with E-state index in [0.29, 0.717) is 5.82 Å². The van der Waals surface area contributed by atoms with Gasteiger partial charge in [-0.25, -0.2) is 4.98 Å². The molecule has 0 atom stereocenters. The number of thiazole rings is 1. The standard InChI is InChI=1S/C7H5BrN2S2/c8-5-2-1-4(12-5)7-10-6(9)3-11-7/h1-3H,9H2. The molecule has 2 heterocycles. The van der Waals surface area contributed by atoms with Gasteiger partial charge in [0.05, 0.1) is 8.66 Å². The predicted octanol–water partition coefficient (Wildman–Crippen LogP) is 3.22. The molecule has 0 fully saturated rings. The van der Waals surface area contributed by atoms with Crippen molar-refractivity contribution in [1.82, 2.24) is 4.98 Å². The van der Waals surface area contributed by atoms with E-state index in [9.17, 15) is 0 Å². The highest BCUT2D eigenvalue weighted by Gasteiger charge is 2.04. The first-order valence-electron chi connectivity index (χ1n) is 3.22. The number of rotatable bonds is 1. The van der Waals surface area contributed by atoms with Gasteiger partial charge in [0, 0.05) is 5.38 Å². The van der Waals surface area contributed by atoms with Crippen LogP contribution >= 0.6 is 38.6 Å². The van der Waals surface area contributed by atoms with Gasteiger partial charge in [-0.05, 0) is 28.1 Å². The molecule has 0 aliphatic heterocycles. The SMILES string of the molecule is Nc1csc(-c2ccc(Br)s2)n1. The van der Waals surface area contributed by atoms with Crippen molar-refractivity contribution < 1.29 is 0 Å². The third-order valence-electron chi connectivity index (χ3n) is 1.31. The molecule has 2 N–H and O–H groups in total. The molecule has 5 heteroatoms. The van der Waals surface area contributed by atoms with Gasteiger partial charge >= 0.3 is 0 Å². The average molecular weight is 261 g/mol. The van der Waals surface area contributed by atoms with E-state index in [1.54, 1.807) is 22.7 Å². The van der Waals surface area contributed by atoms with Crippen molar-refractivity contribution in [3.8, 4) is 9.88 Å². The third kappa shape index (κ3) is 1.53. The number of thiophene rings is 1. The van der Waals surface area contributed by atoms with Gasteiger partial charge in [0.2, 0.25) is 0 Å². The molecule has 0 saturated carbocycles. The zero-order chi connectivity index (χ0) is 8.55. The fraction of sp³-hybridized carbons (Fsp3) is 0. The minimum atomic E-state index is 0.597. The van der Waals surface area contributed by atoms with E-state index in [2.05, 4.69) is 20.9 Å². The molecule has 0 radical (unpaired) electrons. The zero-order valence-electron chi connectivity index (χ0n) is 5.95. The summed E-state index contributed by atoms with van der Waals surface area (Å²) in [6.45, 7) is 0. The second-order valence-corrected chi connectivity index (χ2v) is 5.50. The van der Waals surface area contributed by atoms with E-state index >= 15 is 0 Å². The molecule has 62 valence electrons. The number of nitrogens with two attached hydrogens (primary N) is 1. The van der Waals surface area contributed by atoms with E-state index in [4.69, 9.17) is 5.73 Å². The quantitative estimate of drug-likeness (QED) is 0.856. The molecule has 0 unspecified atom stereocenters. The molecule has 0 bridgehead atoms. The molecule has 0 spiro atoms. The molecule has 2 nitrogen and oxygen atoms in total. The van der Waals surface area contributed by atoms with Crippen LogP contribution in [0.4, 0.5) is 5.82 Å². The zero-order valence-corrected chi connectivity index (χ0v) is 9.17. The summed E-state index contributed by atoms with van der Waals surface area (Å²) in [6, 6.07) is 4.05. The van der Waals surface area contributed by atoms with Gasteiger partial charge in [-0.2, -0.15) is 0 Å². The summed E-state index contributed by atoms with van der Waals surface area (Å²) in [6.07, 6.45) is 0. The van der Waals surface area contributed by atoms with Crippen LogP contribution < -0.4 is 5.73 Å². The molecular formula is C7H5BrN2S2. The van der Waals surface area contributed by atoms with Crippen molar-refractivity contribution in [3.63, 3.8) is 0 Å². The van der Waals surface area contributed by atoms with E-state index in [1.807, 2.05) is 17.5 Å². The first kappa shape index (κ1) is 8.22. The molecule has 2 aromatic heterocycles. The number of nitrogens with zero attached hydrogens (tertiary/aromatic N) is 1. The highest BCUT2D eigenvalue weighted by atomic mass is 79.9. The molecule has 2 rings (SSSR count). The smallest absolute Gasteiger partial charge is 0.135 e. The van der Waals surface area contributed by atoms with Gasteiger partial charge in [-0.1, -0.05) is 0 Å². The number of aromatic nitrogens is 1. The predicted molar refractivity (Wildman–Crippen MR) is 57.5 cm³/mol. The minimum Gasteiger partial charge on any atom is -0.383 e. The second-order valence-electron chi connectivity index (χ2n) is 2.18. The maximum absolute atomic E-state index is 5.51. The monoisotopic (exact) mass is 260 g/mol. The largest absolute Gasteiger partial charge is 0.383 e. The van der Waals surface area contributed by atoms with Gasteiger partial charge in [-0.15, -0.1) is 22.7 Å². The Morgan fingerprint density at radius 2 is 2.25 bits per heavy atom. The van der Waals surface area contributed by atoms with Crippen LogP contribution in [0.25, 0.3) is 9.88 Å². The summed E-state index contributed by atoms with van der Waals surface area (Å²) in [4.78, 5) is 5.34. The average Bonchev–Trinajstić information content (AvgIpc) is 2.58. The number of halogens is 1. The number of hydrogen-bond acceptors (Lipinski definition) is 4. The summed E-state index contributed by atoms with van der Waals surface area (Å²) >= 11 is 6.63. The van der Waals surface area contributed by atoms with Crippen LogP contribution in [0.5, 0.6) is 0 Å². The van der Waals surface area contributed by atoms with Crippen LogP contribution in [-0.2, 0) is 0 Å². The molecule has 0 aliphatic rings. The maximum atomic E-state index is 5.51. The van der Waals surface area contributed by atoms with Gasteiger partial charge in [0.25, 0.3) is 0 Å². The normalized spacial score (nSPS) is 10.4. The van der Waals surface area contributed by atoms with Gasteiger partial charge in [0.15, 0.2) is 0 Å². The van der Waals surface area contributed by atoms with Crippen molar-refractivity contribution in [2.24, 2.45) is 0 Å². The van der Waals surface area contributed by atoms with Gasteiger partial charge in [-0.3, -0.25) is 0 Å². The fourth-order valence-corrected chi connectivity index (χ4v) is 3.00. The maximum Gasteiger partial charge on any atom is 0.135 e. The molecule has 2 aromatic rings. The number of anilines is 1. The Labute approximate surface area is 86.2 Å². The number of hydrogen-bond donors (Lipinski definition) is 1. The first-order chi connectivity index (χ1) is 5.75. The summed E-state index contributed by atoms with van der Waals surface area (Å²) in [5.41, 5.74) is 5.51. The summed E-state index contributed by atoms with van der Waals surface area (Å²) in [5, 5.41) is 2.84. The topological polar surface area (TPSA) is 38.9 Å². The second kappa shape index (κ2) is 3.16. The van der Waals surface area contributed by atoms with Crippen LogP contribution in [0.2, 0.25) is 0 Å². The van der Waals surface area contributed by atoms with E-state index < -0.39 is 0 Å². The highest BCUT2D eigenvalue weighted by molar-refractivity contribution is 9.11. The van der Waals surface area contributed by atoms with Crippen LogP contribution in [0.1, 0.15) is 0 Å². The van der Waals surface area contributed by atoms with E-state index in [-0.39, 0.29) is 0 Å². The minimum absolute atomic E-state index is 0.597. The van der Waals surface area contributed by atoms with Crippen molar-refractivity contribution in [1.29, 1.82) is 0 Å². The van der Waals surface area contributed by atoms with Crippen LogP contribution in [0.15, 0.2) is 21.3 Å². The lowest BCUT2D eigenvalue weighted by atomic mass is 10.5. The van der Waals surface area contributed by atoms with Crippen molar-refractivity contribution in [2.45, 2.75) is 0 Å². The summed E-state index contributed by atoms with van der Waals surface area (Å²) in [7, 11) is 0. The Morgan fingerprint density at radius 3 is 2.75 bits per heavy atom. The molecular weight excluding hydrogens is 256 g/mol. The Bertz CT molecular complexity index is 355. The first-order valence-corrected chi connectivity index (χ1v) is 5.71. The molecule has 12 heavy (non-hydrogen) atoms. The Morgan fingerprint density at radius 1 is 1.42 bits per heavy atom. The Balaban J connectivity index is 2.43. The van der Waals surface area contributed by atoms with E-state index in [1.165, 1.54) is 0 Å². The molecule has 0 amide bonds. The van der Waals surface area contributed by atoms with Gasteiger partial charge < -0.3 is 5.73 Å². The Kier molecular flexibility index (Phi) is 2.16.